The number of nitrogens with one attached hydrogen (secondary N) is 1. The third-order valence-corrected chi connectivity index (χ3v) is 2.29. The summed E-state index contributed by atoms with van der Waals surface area (Å²) >= 11 is 0. The van der Waals surface area contributed by atoms with Gasteiger partial charge in [0.15, 0.2) is 0 Å². The van der Waals surface area contributed by atoms with Crippen molar-refractivity contribution in [3.05, 3.63) is 35.6 Å². The normalized spacial score (nSPS) is 11.7. The number of benzene rings is 1. The highest BCUT2D eigenvalue weighted by Crippen LogP contribution is 2.05. The first kappa shape index (κ1) is 14.6. The predicted molar refractivity (Wildman–Crippen MR) is 70.6 cm³/mol. The largest absolute Gasteiger partial charge is 0.350 e. The maximum absolute atomic E-state index is 12.7. The molecule has 0 aliphatic carbocycles. The van der Waals surface area contributed by atoms with E-state index >= 15 is 0 Å². The lowest BCUT2D eigenvalue weighted by atomic mass is 10.1. The van der Waals surface area contributed by atoms with Crippen LogP contribution in [0.25, 0.3) is 0 Å². The molecule has 1 N–H and O–H groups in total. The molecule has 0 aliphatic heterocycles. The van der Waals surface area contributed by atoms with E-state index in [4.69, 9.17) is 0 Å². The molecule has 0 atom stereocenters. The van der Waals surface area contributed by atoms with Crippen molar-refractivity contribution >= 4 is 5.91 Å². The van der Waals surface area contributed by atoms with Crippen molar-refractivity contribution in [1.29, 1.82) is 0 Å². The van der Waals surface area contributed by atoms with Crippen molar-refractivity contribution in [2.75, 3.05) is 13.6 Å². The van der Waals surface area contributed by atoms with Gasteiger partial charge in [0.05, 0.1) is 6.54 Å². The maximum atomic E-state index is 12.7. The summed E-state index contributed by atoms with van der Waals surface area (Å²) in [5, 5.41) is 2.90. The molecule has 3 nitrogen and oxygen atoms in total. The Hall–Kier alpha value is -1.42. The van der Waals surface area contributed by atoms with Crippen LogP contribution in [0.2, 0.25) is 0 Å². The van der Waals surface area contributed by atoms with Crippen LogP contribution in [0.4, 0.5) is 4.39 Å². The Kier molecular flexibility index (Phi) is 4.84. The second kappa shape index (κ2) is 5.96. The number of hydrogen-bond acceptors (Lipinski definition) is 2. The van der Waals surface area contributed by atoms with E-state index in [0.29, 0.717) is 13.1 Å². The zero-order chi connectivity index (χ0) is 13.8. The molecule has 0 fully saturated rings. The Morgan fingerprint density at radius 1 is 1.28 bits per heavy atom. The number of rotatable bonds is 4. The second-order valence-corrected chi connectivity index (χ2v) is 5.60. The van der Waals surface area contributed by atoms with Gasteiger partial charge in [-0.15, -0.1) is 0 Å². The Morgan fingerprint density at radius 2 is 1.83 bits per heavy atom. The van der Waals surface area contributed by atoms with Crippen molar-refractivity contribution in [1.82, 2.24) is 10.2 Å². The number of hydrogen-bond donors (Lipinski definition) is 1. The van der Waals surface area contributed by atoms with Crippen molar-refractivity contribution in [3.8, 4) is 0 Å². The third kappa shape index (κ3) is 5.77. The molecule has 0 aliphatic rings. The predicted octanol–water partition coefficient (Wildman–Crippen LogP) is 2.17. The molecule has 100 valence electrons. The van der Waals surface area contributed by atoms with Gasteiger partial charge < -0.3 is 5.32 Å². The number of likely N-dealkylation sites (N-methyl/N-ethyl adjacent to an activating group) is 1. The first-order chi connectivity index (χ1) is 8.26. The zero-order valence-corrected chi connectivity index (χ0v) is 11.5. The van der Waals surface area contributed by atoms with Crippen LogP contribution < -0.4 is 5.32 Å². The molecule has 0 heterocycles. The second-order valence-electron chi connectivity index (χ2n) is 5.60. The van der Waals surface area contributed by atoms with Gasteiger partial charge in [-0.3, -0.25) is 9.69 Å². The lowest BCUT2D eigenvalue weighted by Gasteiger charge is -2.23. The Morgan fingerprint density at radius 3 is 2.33 bits per heavy atom. The minimum Gasteiger partial charge on any atom is -0.350 e. The van der Waals surface area contributed by atoms with Crippen molar-refractivity contribution < 1.29 is 9.18 Å². The van der Waals surface area contributed by atoms with Crippen molar-refractivity contribution in [3.63, 3.8) is 0 Å². The van der Waals surface area contributed by atoms with E-state index in [2.05, 4.69) is 5.32 Å². The average molecular weight is 252 g/mol. The summed E-state index contributed by atoms with van der Waals surface area (Å²) in [6.45, 7) is 6.80. The zero-order valence-electron chi connectivity index (χ0n) is 11.5. The van der Waals surface area contributed by atoms with Crippen LogP contribution in [-0.4, -0.2) is 29.9 Å². The van der Waals surface area contributed by atoms with E-state index in [1.165, 1.54) is 12.1 Å². The summed E-state index contributed by atoms with van der Waals surface area (Å²) < 4.78 is 12.7. The Bertz CT molecular complexity index is 395. The molecular formula is C14H21FN2O. The molecule has 1 rings (SSSR count). The van der Waals surface area contributed by atoms with Gasteiger partial charge in [0.1, 0.15) is 5.82 Å². The van der Waals surface area contributed by atoms with Gasteiger partial charge in [-0.25, -0.2) is 4.39 Å². The molecule has 0 radical (unpaired) electrons. The number of amides is 1. The van der Waals surface area contributed by atoms with Gasteiger partial charge in [0.25, 0.3) is 0 Å². The van der Waals surface area contributed by atoms with Crippen LogP contribution >= 0.6 is 0 Å². The van der Waals surface area contributed by atoms with Crippen molar-refractivity contribution in [2.45, 2.75) is 32.9 Å². The molecule has 1 aromatic carbocycles. The summed E-state index contributed by atoms with van der Waals surface area (Å²) in [5.41, 5.74) is 0.774. The smallest absolute Gasteiger partial charge is 0.234 e. The van der Waals surface area contributed by atoms with Crippen LogP contribution in [-0.2, 0) is 11.3 Å². The number of carbonyl (C=O) groups excluding carboxylic acids is 1. The number of nitrogens with zero attached hydrogens (tertiary/aromatic N) is 1. The summed E-state index contributed by atoms with van der Waals surface area (Å²) in [6.07, 6.45) is 0. The van der Waals surface area contributed by atoms with Crippen LogP contribution in [0.5, 0.6) is 0 Å². The first-order valence-electron chi connectivity index (χ1n) is 6.00. The summed E-state index contributed by atoms with van der Waals surface area (Å²) in [5.74, 6) is -0.251. The van der Waals surface area contributed by atoms with Gasteiger partial charge in [0, 0.05) is 12.1 Å². The minimum atomic E-state index is -0.244. The first-order valence-corrected chi connectivity index (χ1v) is 6.00. The molecule has 1 aromatic rings. The SMILES string of the molecule is CN(CC(=O)NC(C)(C)C)Cc1ccc(F)cc1. The molecule has 0 saturated heterocycles. The molecule has 0 spiro atoms. The topological polar surface area (TPSA) is 32.3 Å². The van der Waals surface area contributed by atoms with Gasteiger partial charge in [-0.1, -0.05) is 12.1 Å². The summed E-state index contributed by atoms with van der Waals surface area (Å²) in [6, 6.07) is 6.32. The number of carbonyl (C=O) groups is 1. The molecule has 18 heavy (non-hydrogen) atoms. The third-order valence-electron chi connectivity index (χ3n) is 2.29. The monoisotopic (exact) mass is 252 g/mol. The molecule has 1 amide bonds. The molecule has 4 heteroatoms. The van der Waals surface area contributed by atoms with Crippen LogP contribution in [0, 0.1) is 5.82 Å². The van der Waals surface area contributed by atoms with E-state index in [0.717, 1.165) is 5.56 Å². The van der Waals surface area contributed by atoms with Crippen molar-refractivity contribution in [2.24, 2.45) is 0 Å². The molecule has 0 aromatic heterocycles. The highest BCUT2D eigenvalue weighted by atomic mass is 19.1. The van der Waals surface area contributed by atoms with Gasteiger partial charge in [-0.2, -0.15) is 0 Å². The van der Waals surface area contributed by atoms with Gasteiger partial charge in [-0.05, 0) is 45.5 Å². The number of halogens is 1. The maximum Gasteiger partial charge on any atom is 0.234 e. The van der Waals surface area contributed by atoms with E-state index in [1.807, 2.05) is 32.7 Å². The fourth-order valence-corrected chi connectivity index (χ4v) is 1.66. The highest BCUT2D eigenvalue weighted by molar-refractivity contribution is 5.78. The molecule has 0 unspecified atom stereocenters. The Balaban J connectivity index is 2.44. The lowest BCUT2D eigenvalue weighted by Crippen LogP contribution is -2.45. The highest BCUT2D eigenvalue weighted by Gasteiger charge is 2.15. The Labute approximate surface area is 108 Å². The molecule has 0 bridgehead atoms. The summed E-state index contributed by atoms with van der Waals surface area (Å²) in [4.78, 5) is 13.6. The standard InChI is InChI=1S/C14H21FN2O/c1-14(2,3)16-13(18)10-17(4)9-11-5-7-12(15)8-6-11/h5-8H,9-10H2,1-4H3,(H,16,18). The fraction of sp³-hybridized carbons (Fsp3) is 0.500. The van der Waals surface area contributed by atoms with E-state index < -0.39 is 0 Å². The van der Waals surface area contributed by atoms with Crippen LogP contribution in [0.1, 0.15) is 26.3 Å². The van der Waals surface area contributed by atoms with Crippen LogP contribution in [0.3, 0.4) is 0 Å². The lowest BCUT2D eigenvalue weighted by molar-refractivity contribution is -0.123. The van der Waals surface area contributed by atoms with E-state index in [-0.39, 0.29) is 17.3 Å². The van der Waals surface area contributed by atoms with E-state index in [1.54, 1.807) is 12.1 Å². The average Bonchev–Trinajstić information content (AvgIpc) is 2.18. The minimum absolute atomic E-state index is 0.00730. The molecular weight excluding hydrogens is 231 g/mol. The summed E-state index contributed by atoms with van der Waals surface area (Å²) in [7, 11) is 1.87. The fourth-order valence-electron chi connectivity index (χ4n) is 1.66. The quantitative estimate of drug-likeness (QED) is 0.890. The van der Waals surface area contributed by atoms with Gasteiger partial charge >= 0.3 is 0 Å². The van der Waals surface area contributed by atoms with E-state index in [9.17, 15) is 9.18 Å². The van der Waals surface area contributed by atoms with Gasteiger partial charge in [0.2, 0.25) is 5.91 Å². The van der Waals surface area contributed by atoms with Crippen LogP contribution in [0.15, 0.2) is 24.3 Å². The molecule has 0 saturated carbocycles.